The van der Waals surface area contributed by atoms with E-state index in [1.807, 2.05) is 0 Å². The molecule has 0 aliphatic carbocycles. The maximum atomic E-state index is 12.4. The molecule has 0 saturated heterocycles. The lowest BCUT2D eigenvalue weighted by Crippen LogP contribution is -2.31. The van der Waals surface area contributed by atoms with Gasteiger partial charge in [0, 0.05) is 18.7 Å². The van der Waals surface area contributed by atoms with Gasteiger partial charge in [-0.3, -0.25) is 9.59 Å². The average Bonchev–Trinajstić information content (AvgIpc) is 2.83. The van der Waals surface area contributed by atoms with Crippen LogP contribution in [0.3, 0.4) is 0 Å². The van der Waals surface area contributed by atoms with Crippen LogP contribution >= 0.6 is 0 Å². The Morgan fingerprint density at radius 1 is 1.12 bits per heavy atom. The highest BCUT2D eigenvalue weighted by molar-refractivity contribution is 7.90. The summed E-state index contributed by atoms with van der Waals surface area (Å²) in [6, 6.07) is 13.0. The fourth-order valence-electron chi connectivity index (χ4n) is 2.73. The smallest absolute Gasteiger partial charge is 0.269 e. The topological polar surface area (TPSA) is 92.8 Å². The van der Waals surface area contributed by atoms with Crippen LogP contribution in [0.1, 0.15) is 23.2 Å². The van der Waals surface area contributed by atoms with Gasteiger partial charge in [-0.2, -0.15) is 0 Å². The molecule has 0 saturated carbocycles. The number of nitrogens with one attached hydrogen (secondary N) is 1. The van der Waals surface area contributed by atoms with Crippen molar-refractivity contribution in [3.05, 3.63) is 54.1 Å². The Balaban J connectivity index is 1.56. The summed E-state index contributed by atoms with van der Waals surface area (Å²) in [6.07, 6.45) is 0.336. The summed E-state index contributed by atoms with van der Waals surface area (Å²) in [5.41, 5.74) is 0.795. The minimum absolute atomic E-state index is 0.0210. The number of amides is 2. The summed E-state index contributed by atoms with van der Waals surface area (Å²) in [4.78, 5) is 24.3. The van der Waals surface area contributed by atoms with Crippen molar-refractivity contribution in [1.82, 2.24) is 4.31 Å². The van der Waals surface area contributed by atoms with Crippen LogP contribution in [0.25, 0.3) is 0 Å². The predicted molar refractivity (Wildman–Crippen MR) is 95.5 cm³/mol. The van der Waals surface area contributed by atoms with Crippen molar-refractivity contribution in [2.24, 2.45) is 0 Å². The van der Waals surface area contributed by atoms with Gasteiger partial charge in [-0.15, -0.1) is 0 Å². The van der Waals surface area contributed by atoms with E-state index in [1.165, 1.54) is 12.1 Å². The van der Waals surface area contributed by atoms with Gasteiger partial charge in [0.05, 0.1) is 12.7 Å². The van der Waals surface area contributed by atoms with Crippen LogP contribution in [0, 0.1) is 0 Å². The molecule has 7 nitrogen and oxygen atoms in total. The highest BCUT2D eigenvalue weighted by Gasteiger charge is 2.40. The van der Waals surface area contributed by atoms with Crippen molar-refractivity contribution >= 4 is 27.5 Å². The Labute approximate surface area is 151 Å². The second-order valence-electron chi connectivity index (χ2n) is 5.76. The normalized spacial score (nSPS) is 14.8. The van der Waals surface area contributed by atoms with E-state index in [4.69, 9.17) is 4.74 Å². The first-order chi connectivity index (χ1) is 12.4. The first-order valence-corrected chi connectivity index (χ1v) is 9.47. The number of nitrogens with zero attached hydrogens (tertiary/aromatic N) is 1. The van der Waals surface area contributed by atoms with Crippen molar-refractivity contribution in [3.8, 4) is 5.75 Å². The van der Waals surface area contributed by atoms with Crippen molar-refractivity contribution < 1.29 is 22.7 Å². The Hall–Kier alpha value is -2.87. The van der Waals surface area contributed by atoms with Crippen molar-refractivity contribution in [2.75, 3.05) is 19.0 Å². The van der Waals surface area contributed by atoms with E-state index in [0.29, 0.717) is 11.4 Å². The summed E-state index contributed by atoms with van der Waals surface area (Å²) in [5, 5.41) is 2.72. The lowest BCUT2D eigenvalue weighted by Gasteiger charge is -2.14. The Morgan fingerprint density at radius 2 is 1.81 bits per heavy atom. The second kappa shape index (κ2) is 7.17. The third-order valence-electron chi connectivity index (χ3n) is 4.05. The molecule has 0 aromatic heterocycles. The molecule has 2 aromatic carbocycles. The summed E-state index contributed by atoms with van der Waals surface area (Å²) in [6.45, 7) is -0.0358. The number of benzene rings is 2. The zero-order chi connectivity index (χ0) is 18.7. The van der Waals surface area contributed by atoms with E-state index in [2.05, 4.69) is 5.32 Å². The molecule has 1 aliphatic heterocycles. The largest absolute Gasteiger partial charge is 0.497 e. The molecular weight excluding hydrogens is 356 g/mol. The predicted octanol–water partition coefficient (Wildman–Crippen LogP) is 2.26. The van der Waals surface area contributed by atoms with Gasteiger partial charge < -0.3 is 10.1 Å². The van der Waals surface area contributed by atoms with E-state index in [9.17, 15) is 18.0 Å². The zero-order valence-electron chi connectivity index (χ0n) is 14.1. The number of hydrogen-bond acceptors (Lipinski definition) is 5. The summed E-state index contributed by atoms with van der Waals surface area (Å²) >= 11 is 0. The molecule has 136 valence electrons. The molecule has 0 radical (unpaired) electrons. The third kappa shape index (κ3) is 3.41. The van der Waals surface area contributed by atoms with Gasteiger partial charge in [0.2, 0.25) is 5.91 Å². The van der Waals surface area contributed by atoms with Crippen LogP contribution in [-0.4, -0.2) is 38.2 Å². The lowest BCUT2D eigenvalue weighted by molar-refractivity contribution is -0.116. The van der Waals surface area contributed by atoms with Gasteiger partial charge in [0.1, 0.15) is 10.6 Å². The van der Waals surface area contributed by atoms with Gasteiger partial charge in [-0.05, 0) is 42.8 Å². The molecule has 1 N–H and O–H groups in total. The lowest BCUT2D eigenvalue weighted by atomic mass is 10.2. The van der Waals surface area contributed by atoms with Crippen molar-refractivity contribution in [2.45, 2.75) is 17.7 Å². The molecule has 0 atom stereocenters. The Morgan fingerprint density at radius 3 is 2.46 bits per heavy atom. The van der Waals surface area contributed by atoms with Gasteiger partial charge >= 0.3 is 0 Å². The summed E-state index contributed by atoms with van der Waals surface area (Å²) in [7, 11) is -2.27. The average molecular weight is 374 g/mol. The van der Waals surface area contributed by atoms with Crippen LogP contribution in [0.5, 0.6) is 5.75 Å². The van der Waals surface area contributed by atoms with Gasteiger partial charge in [-0.25, -0.2) is 12.7 Å². The molecule has 1 heterocycles. The molecule has 0 spiro atoms. The first kappa shape index (κ1) is 17.9. The number of hydrogen-bond donors (Lipinski definition) is 1. The van der Waals surface area contributed by atoms with Crippen LogP contribution in [-0.2, 0) is 14.8 Å². The standard InChI is InChI=1S/C18H18N2O5S/c1-25-14-10-8-13(9-11-14)19-17(21)7-4-12-20-18(22)15-5-2-3-6-16(15)26(20,23)24/h2-3,5-6,8-11H,4,7,12H2,1H3,(H,19,21). The molecule has 8 heteroatoms. The minimum Gasteiger partial charge on any atom is -0.497 e. The summed E-state index contributed by atoms with van der Waals surface area (Å²) < 4.78 is 30.7. The number of rotatable bonds is 6. The van der Waals surface area contributed by atoms with E-state index >= 15 is 0 Å². The van der Waals surface area contributed by atoms with E-state index in [1.54, 1.807) is 43.5 Å². The molecule has 0 fully saturated rings. The molecule has 2 amide bonds. The number of methoxy groups -OCH3 is 1. The van der Waals surface area contributed by atoms with E-state index in [-0.39, 0.29) is 35.8 Å². The molecule has 2 aromatic rings. The van der Waals surface area contributed by atoms with Crippen LogP contribution in [0.4, 0.5) is 5.69 Å². The van der Waals surface area contributed by atoms with Crippen molar-refractivity contribution in [3.63, 3.8) is 0 Å². The highest BCUT2D eigenvalue weighted by Crippen LogP contribution is 2.30. The number of carbonyl (C=O) groups is 2. The third-order valence-corrected chi connectivity index (χ3v) is 5.89. The molecule has 3 rings (SSSR count). The van der Waals surface area contributed by atoms with E-state index in [0.717, 1.165) is 4.31 Å². The number of carbonyl (C=O) groups excluding carboxylic acids is 2. The molecule has 1 aliphatic rings. The number of fused-ring (bicyclic) bond motifs is 1. The molecule has 0 unspecified atom stereocenters. The summed E-state index contributed by atoms with van der Waals surface area (Å²) in [5.74, 6) is -0.117. The van der Waals surface area contributed by atoms with Crippen molar-refractivity contribution in [1.29, 1.82) is 0 Å². The van der Waals surface area contributed by atoms with Crippen LogP contribution in [0.15, 0.2) is 53.4 Å². The number of sulfonamides is 1. The van der Waals surface area contributed by atoms with E-state index < -0.39 is 15.9 Å². The molecule has 0 bridgehead atoms. The molecule has 26 heavy (non-hydrogen) atoms. The number of anilines is 1. The maximum absolute atomic E-state index is 12.4. The van der Waals surface area contributed by atoms with Crippen LogP contribution in [0.2, 0.25) is 0 Å². The minimum atomic E-state index is -3.82. The number of ether oxygens (including phenoxy) is 1. The molecular formula is C18H18N2O5S. The SMILES string of the molecule is COc1ccc(NC(=O)CCCN2C(=O)c3ccccc3S2(=O)=O)cc1. The van der Waals surface area contributed by atoms with Crippen LogP contribution < -0.4 is 10.1 Å². The van der Waals surface area contributed by atoms with Gasteiger partial charge in [-0.1, -0.05) is 12.1 Å². The Kier molecular flexibility index (Phi) is 4.94. The van der Waals surface area contributed by atoms with Gasteiger partial charge in [0.15, 0.2) is 0 Å². The monoisotopic (exact) mass is 374 g/mol. The fraction of sp³-hybridized carbons (Fsp3) is 0.222. The fourth-order valence-corrected chi connectivity index (χ4v) is 4.34. The van der Waals surface area contributed by atoms with Gasteiger partial charge in [0.25, 0.3) is 15.9 Å². The first-order valence-electron chi connectivity index (χ1n) is 8.03. The quantitative estimate of drug-likeness (QED) is 0.837. The Bertz CT molecular complexity index is 938. The second-order valence-corrected chi connectivity index (χ2v) is 7.59. The maximum Gasteiger partial charge on any atom is 0.269 e. The zero-order valence-corrected chi connectivity index (χ0v) is 15.0. The highest BCUT2D eigenvalue weighted by atomic mass is 32.2.